The number of halogens is 2. The molecule has 0 amide bonds. The third kappa shape index (κ3) is 3.37. The average Bonchev–Trinajstić information content (AvgIpc) is 3.14. The minimum Gasteiger partial charge on any atom is -0.465 e. The van der Waals surface area contributed by atoms with Crippen LogP contribution in [0.4, 0.5) is 0 Å². The Hall–Kier alpha value is -0.770. The second-order valence-corrected chi connectivity index (χ2v) is 5.11. The highest BCUT2D eigenvalue weighted by atomic mass is 35.5. The fraction of sp³-hybridized carbons (Fsp3) is 0.462. The number of rotatable bonds is 5. The summed E-state index contributed by atoms with van der Waals surface area (Å²) in [5.41, 5.74) is 0.787. The maximum Gasteiger partial charge on any atom is 0.327 e. The maximum absolute atomic E-state index is 11.9. The molecular weight excluding hydrogens is 273 g/mol. The van der Waals surface area contributed by atoms with Gasteiger partial charge in [-0.3, -0.25) is 5.32 Å². The molecule has 1 aliphatic carbocycles. The number of hydrogen-bond donors (Lipinski definition) is 1. The van der Waals surface area contributed by atoms with Crippen molar-refractivity contribution in [3.8, 4) is 0 Å². The number of carbonyl (C=O) groups excluding carboxylic acids is 1. The van der Waals surface area contributed by atoms with Gasteiger partial charge in [-0.25, -0.2) is 4.79 Å². The van der Waals surface area contributed by atoms with Gasteiger partial charge in [-0.15, -0.1) is 0 Å². The van der Waals surface area contributed by atoms with Crippen LogP contribution in [0.3, 0.4) is 0 Å². The number of nitrogens with one attached hydrogen (secondary N) is 1. The van der Waals surface area contributed by atoms with E-state index in [-0.39, 0.29) is 5.97 Å². The lowest BCUT2D eigenvalue weighted by molar-refractivity contribution is -0.145. The van der Waals surface area contributed by atoms with Crippen LogP contribution >= 0.6 is 23.2 Å². The first-order valence-electron chi connectivity index (χ1n) is 5.99. The molecule has 1 atom stereocenters. The third-order valence-electron chi connectivity index (χ3n) is 2.78. The molecule has 0 aromatic heterocycles. The van der Waals surface area contributed by atoms with E-state index >= 15 is 0 Å². The van der Waals surface area contributed by atoms with Gasteiger partial charge in [0.15, 0.2) is 0 Å². The van der Waals surface area contributed by atoms with Crippen molar-refractivity contribution >= 4 is 29.2 Å². The van der Waals surface area contributed by atoms with Gasteiger partial charge < -0.3 is 4.74 Å². The first kappa shape index (κ1) is 13.7. The molecule has 0 spiro atoms. The SMILES string of the molecule is CCOC(=O)C(NC1CC1)c1ccc(Cl)c(Cl)c1. The van der Waals surface area contributed by atoms with Crippen LogP contribution in [0.5, 0.6) is 0 Å². The topological polar surface area (TPSA) is 38.3 Å². The molecule has 1 fully saturated rings. The summed E-state index contributed by atoms with van der Waals surface area (Å²) < 4.78 is 5.08. The summed E-state index contributed by atoms with van der Waals surface area (Å²) >= 11 is 11.9. The van der Waals surface area contributed by atoms with Gasteiger partial charge >= 0.3 is 5.97 Å². The molecule has 3 nitrogen and oxygen atoms in total. The van der Waals surface area contributed by atoms with Gasteiger partial charge in [0, 0.05) is 6.04 Å². The van der Waals surface area contributed by atoms with Crippen LogP contribution < -0.4 is 5.32 Å². The lowest BCUT2D eigenvalue weighted by Crippen LogP contribution is -2.31. The number of carbonyl (C=O) groups is 1. The number of benzene rings is 1. The quantitative estimate of drug-likeness (QED) is 0.844. The predicted octanol–water partition coefficient (Wildman–Crippen LogP) is 3.35. The Labute approximate surface area is 116 Å². The smallest absolute Gasteiger partial charge is 0.327 e. The van der Waals surface area contributed by atoms with Gasteiger partial charge in [0.25, 0.3) is 0 Å². The maximum atomic E-state index is 11.9. The van der Waals surface area contributed by atoms with Crippen LogP contribution in [0.15, 0.2) is 18.2 Å². The summed E-state index contributed by atoms with van der Waals surface area (Å²) in [7, 11) is 0. The zero-order valence-corrected chi connectivity index (χ0v) is 11.6. The van der Waals surface area contributed by atoms with Crippen molar-refractivity contribution in [1.29, 1.82) is 0 Å². The normalized spacial score (nSPS) is 16.4. The zero-order chi connectivity index (χ0) is 13.1. The summed E-state index contributed by atoms with van der Waals surface area (Å²) in [6.07, 6.45) is 2.19. The van der Waals surface area contributed by atoms with Gasteiger partial charge in [0.2, 0.25) is 0 Å². The first-order chi connectivity index (χ1) is 8.61. The Bertz CT molecular complexity index is 447. The van der Waals surface area contributed by atoms with Gasteiger partial charge in [-0.1, -0.05) is 29.3 Å². The van der Waals surface area contributed by atoms with Crippen molar-refractivity contribution in [2.24, 2.45) is 0 Å². The Balaban J connectivity index is 2.20. The highest BCUT2D eigenvalue weighted by molar-refractivity contribution is 6.42. The second-order valence-electron chi connectivity index (χ2n) is 4.30. The molecule has 1 saturated carbocycles. The third-order valence-corrected chi connectivity index (χ3v) is 3.52. The van der Waals surface area contributed by atoms with E-state index in [0.29, 0.717) is 22.7 Å². The Morgan fingerprint density at radius 2 is 2.17 bits per heavy atom. The van der Waals surface area contributed by atoms with Gasteiger partial charge in [-0.2, -0.15) is 0 Å². The molecule has 0 saturated heterocycles. The number of hydrogen-bond acceptors (Lipinski definition) is 3. The molecule has 1 aromatic carbocycles. The van der Waals surface area contributed by atoms with Gasteiger partial charge in [0.1, 0.15) is 6.04 Å². The van der Waals surface area contributed by atoms with Crippen LogP contribution in [0.25, 0.3) is 0 Å². The fourth-order valence-corrected chi connectivity index (χ4v) is 2.01. The Morgan fingerprint density at radius 1 is 1.44 bits per heavy atom. The van der Waals surface area contributed by atoms with Crippen LogP contribution in [-0.2, 0) is 9.53 Å². The summed E-state index contributed by atoms with van der Waals surface area (Å²) in [5, 5.41) is 4.19. The first-order valence-corrected chi connectivity index (χ1v) is 6.75. The van der Waals surface area contributed by atoms with Crippen molar-refractivity contribution in [2.75, 3.05) is 6.61 Å². The van der Waals surface area contributed by atoms with Crippen LogP contribution in [0.1, 0.15) is 31.4 Å². The Morgan fingerprint density at radius 3 is 2.72 bits per heavy atom. The van der Waals surface area contributed by atoms with E-state index in [1.807, 2.05) is 0 Å². The summed E-state index contributed by atoms with van der Waals surface area (Å²) in [5.74, 6) is -0.275. The van der Waals surface area contributed by atoms with Crippen molar-refractivity contribution in [1.82, 2.24) is 5.32 Å². The predicted molar refractivity (Wildman–Crippen MR) is 72.0 cm³/mol. The van der Waals surface area contributed by atoms with E-state index in [2.05, 4.69) is 5.32 Å². The minimum absolute atomic E-state index is 0.275. The molecule has 0 aliphatic heterocycles. The van der Waals surface area contributed by atoms with Gasteiger partial charge in [-0.05, 0) is 37.5 Å². The molecule has 98 valence electrons. The molecule has 1 aromatic rings. The fourth-order valence-electron chi connectivity index (χ4n) is 1.70. The molecule has 5 heteroatoms. The number of ether oxygens (including phenoxy) is 1. The molecule has 1 unspecified atom stereocenters. The molecule has 18 heavy (non-hydrogen) atoms. The van der Waals surface area contributed by atoms with Crippen LogP contribution in [0.2, 0.25) is 10.0 Å². The molecule has 1 aliphatic rings. The highest BCUT2D eigenvalue weighted by Crippen LogP contribution is 2.29. The Kier molecular flexibility index (Phi) is 4.49. The van der Waals surface area contributed by atoms with Crippen molar-refractivity contribution in [2.45, 2.75) is 31.8 Å². The van der Waals surface area contributed by atoms with Crippen molar-refractivity contribution in [3.63, 3.8) is 0 Å². The van der Waals surface area contributed by atoms with E-state index in [9.17, 15) is 4.79 Å². The standard InChI is InChI=1S/C13H15Cl2NO2/c1-2-18-13(17)12(16-9-4-5-9)8-3-6-10(14)11(15)7-8/h3,6-7,9,12,16H,2,4-5H2,1H3. The summed E-state index contributed by atoms with van der Waals surface area (Å²) in [6.45, 7) is 2.16. The van der Waals surface area contributed by atoms with E-state index < -0.39 is 6.04 Å². The van der Waals surface area contributed by atoms with Gasteiger partial charge in [0.05, 0.1) is 16.7 Å². The molecule has 2 rings (SSSR count). The van der Waals surface area contributed by atoms with Crippen molar-refractivity contribution < 1.29 is 9.53 Å². The molecular formula is C13H15Cl2NO2. The van der Waals surface area contributed by atoms with Crippen LogP contribution in [-0.4, -0.2) is 18.6 Å². The van der Waals surface area contributed by atoms with E-state index in [1.165, 1.54) is 0 Å². The minimum atomic E-state index is -0.466. The molecule has 1 N–H and O–H groups in total. The second kappa shape index (κ2) is 5.91. The lowest BCUT2D eigenvalue weighted by Gasteiger charge is -2.17. The van der Waals surface area contributed by atoms with E-state index in [0.717, 1.165) is 18.4 Å². The lowest BCUT2D eigenvalue weighted by atomic mass is 10.1. The monoisotopic (exact) mass is 287 g/mol. The molecule has 0 radical (unpaired) electrons. The van der Waals surface area contributed by atoms with E-state index in [1.54, 1.807) is 25.1 Å². The number of esters is 1. The largest absolute Gasteiger partial charge is 0.465 e. The summed E-state index contributed by atoms with van der Waals surface area (Å²) in [4.78, 5) is 11.9. The van der Waals surface area contributed by atoms with Crippen LogP contribution in [0, 0.1) is 0 Å². The summed E-state index contributed by atoms with van der Waals surface area (Å²) in [6, 6.07) is 5.13. The highest BCUT2D eigenvalue weighted by Gasteiger charge is 2.30. The average molecular weight is 288 g/mol. The van der Waals surface area contributed by atoms with E-state index in [4.69, 9.17) is 27.9 Å². The molecule has 0 bridgehead atoms. The zero-order valence-electron chi connectivity index (χ0n) is 10.1. The molecule has 0 heterocycles. The van der Waals surface area contributed by atoms with Crippen molar-refractivity contribution in [3.05, 3.63) is 33.8 Å².